The van der Waals surface area contributed by atoms with Crippen LogP contribution in [0, 0.1) is 0 Å². The Morgan fingerprint density at radius 2 is 1.62 bits per heavy atom. The zero-order valence-corrected chi connectivity index (χ0v) is 15.1. The molecule has 4 rings (SSSR count). The number of hydrogen-bond donors (Lipinski definition) is 1. The van der Waals surface area contributed by atoms with Crippen molar-refractivity contribution in [2.75, 3.05) is 0 Å². The van der Waals surface area contributed by atoms with Crippen LogP contribution in [0.2, 0.25) is 0 Å². The van der Waals surface area contributed by atoms with E-state index in [2.05, 4.69) is 0 Å². The van der Waals surface area contributed by atoms with Gasteiger partial charge in [-0.3, -0.25) is 4.79 Å². The Morgan fingerprint density at radius 1 is 1.04 bits per heavy atom. The summed E-state index contributed by atoms with van der Waals surface area (Å²) in [5.41, 5.74) is 0.922. The van der Waals surface area contributed by atoms with Gasteiger partial charge in [0.15, 0.2) is 11.2 Å². The molecule has 3 aromatic carbocycles. The van der Waals surface area contributed by atoms with Crippen molar-refractivity contribution in [3.05, 3.63) is 88.6 Å². The molecule has 0 radical (unpaired) electrons. The Morgan fingerprint density at radius 3 is 2.15 bits per heavy atom. The quantitative estimate of drug-likeness (QED) is 0.312. The van der Waals surface area contributed by atoms with E-state index in [4.69, 9.17) is 4.42 Å². The first-order valence-corrected chi connectivity index (χ1v) is 7.77. The van der Waals surface area contributed by atoms with Crippen LogP contribution < -0.4 is 5.43 Å². The van der Waals surface area contributed by atoms with Crippen LogP contribution in [0.1, 0.15) is 17.3 Å². The van der Waals surface area contributed by atoms with Gasteiger partial charge in [0, 0.05) is 23.1 Å². The van der Waals surface area contributed by atoms with Crippen molar-refractivity contribution >= 4 is 16.8 Å². The van der Waals surface area contributed by atoms with Crippen molar-refractivity contribution in [3.8, 4) is 17.1 Å². The second-order valence-electron chi connectivity index (χ2n) is 5.53. The van der Waals surface area contributed by atoms with Gasteiger partial charge in [-0.1, -0.05) is 5.56 Å². The minimum absolute atomic E-state index is 0. The number of carbonyl (C=O) groups excluding carboxylic acids is 1. The third kappa shape index (κ3) is 4.20. The third-order valence-corrected chi connectivity index (χ3v) is 3.73. The first-order valence-electron chi connectivity index (χ1n) is 7.77. The van der Waals surface area contributed by atoms with Gasteiger partial charge in [-0.25, -0.2) is 0 Å². The van der Waals surface area contributed by atoms with Crippen LogP contribution in [0.15, 0.2) is 82.0 Å². The molecule has 0 saturated heterocycles. The fraction of sp³-hybridized carbons (Fsp3) is 0.0476. The Balaban J connectivity index is 0.000000351. The summed E-state index contributed by atoms with van der Waals surface area (Å²) in [5, 5.41) is 10.1. The van der Waals surface area contributed by atoms with Gasteiger partial charge in [0.1, 0.15) is 11.3 Å². The molecule has 5 heteroatoms. The minimum atomic E-state index is -0.302. The molecule has 0 bridgehead atoms. The predicted octanol–water partition coefficient (Wildman–Crippen LogP) is 4.49. The fourth-order valence-electron chi connectivity index (χ4n) is 2.47. The Hall–Kier alpha value is -2.88. The van der Waals surface area contributed by atoms with E-state index >= 15 is 0 Å². The summed E-state index contributed by atoms with van der Waals surface area (Å²) < 4.78 is 5.63. The molecule has 1 heterocycles. The van der Waals surface area contributed by atoms with Gasteiger partial charge >= 0.3 is 0 Å². The van der Waals surface area contributed by atoms with Crippen molar-refractivity contribution in [3.63, 3.8) is 0 Å². The van der Waals surface area contributed by atoms with E-state index in [9.17, 15) is 14.7 Å². The second kappa shape index (κ2) is 8.47. The topological polar surface area (TPSA) is 67.5 Å². The number of phenols is 1. The molecule has 0 spiro atoms. The molecule has 4 aromatic rings. The first-order chi connectivity index (χ1) is 12.1. The van der Waals surface area contributed by atoms with Gasteiger partial charge < -0.3 is 44.7 Å². The number of benzene rings is 1. The number of phenolic OH excluding ortho intramolecular Hbond substituents is 1. The third-order valence-electron chi connectivity index (χ3n) is 3.73. The van der Waals surface area contributed by atoms with Crippen molar-refractivity contribution in [1.82, 2.24) is 0 Å². The molecule has 0 aliphatic heterocycles. The summed E-state index contributed by atoms with van der Waals surface area (Å²) in [6, 6.07) is 21.4. The second-order valence-corrected chi connectivity index (χ2v) is 5.53. The average molecular weight is 388 g/mol. The Kier molecular flexibility index (Phi) is 6.34. The van der Waals surface area contributed by atoms with Gasteiger partial charge in [-0.2, -0.15) is 12.1 Å². The van der Waals surface area contributed by atoms with E-state index in [1.54, 1.807) is 0 Å². The molecule has 4 nitrogen and oxygen atoms in total. The molecule has 0 unspecified atom stereocenters. The van der Waals surface area contributed by atoms with Gasteiger partial charge in [-0.05, 0) is 19.1 Å². The average Bonchev–Trinajstić information content (AvgIpc) is 3.30. The summed E-state index contributed by atoms with van der Waals surface area (Å²) in [6.07, 6.45) is 0. The molecule has 0 atom stereocenters. The molecule has 0 aliphatic carbocycles. The van der Waals surface area contributed by atoms with Crippen molar-refractivity contribution < 1.29 is 31.4 Å². The van der Waals surface area contributed by atoms with Crippen molar-refractivity contribution in [2.45, 2.75) is 6.92 Å². The molecular formula is C21H16FeO4-6. The van der Waals surface area contributed by atoms with E-state index in [0.29, 0.717) is 5.76 Å². The molecule has 0 saturated carbocycles. The molecule has 0 amide bonds. The molecule has 1 N–H and O–H groups in total. The summed E-state index contributed by atoms with van der Waals surface area (Å²) in [7, 11) is 0. The van der Waals surface area contributed by atoms with Crippen LogP contribution in [0.25, 0.3) is 22.3 Å². The Labute approximate surface area is 160 Å². The number of hydrogen-bond acceptors (Lipinski definition) is 4. The molecule has 138 valence electrons. The molecule has 0 aliphatic rings. The number of aromatic hydroxyl groups is 1. The SMILES string of the molecule is CC(=O)c1cc2c(=O)cc(-[c-]3cccc3)oc2cc1O.[Fe].[cH-]1[cH-][cH-][cH-][cH-]1. The van der Waals surface area contributed by atoms with Crippen LogP contribution in [0.4, 0.5) is 0 Å². The number of Topliss-reactive ketones (excluding diaryl/α,β-unsaturated/α-hetero) is 1. The van der Waals surface area contributed by atoms with E-state index in [0.717, 1.165) is 5.56 Å². The summed E-state index contributed by atoms with van der Waals surface area (Å²) >= 11 is 0. The maximum atomic E-state index is 12.1. The number of carbonyl (C=O) groups is 1. The maximum absolute atomic E-state index is 12.1. The Bertz CT molecular complexity index is 1020. The summed E-state index contributed by atoms with van der Waals surface area (Å²) in [4.78, 5) is 23.5. The monoisotopic (exact) mass is 388 g/mol. The summed E-state index contributed by atoms with van der Waals surface area (Å²) in [5.74, 6) is -0.0563. The molecule has 26 heavy (non-hydrogen) atoms. The van der Waals surface area contributed by atoms with E-state index in [1.165, 1.54) is 25.1 Å². The smallest absolute Gasteiger partial charge is 0.163 e. The maximum Gasteiger partial charge on any atom is 0.163 e. The van der Waals surface area contributed by atoms with Crippen LogP contribution in [-0.4, -0.2) is 10.9 Å². The fourth-order valence-corrected chi connectivity index (χ4v) is 2.47. The molecule has 0 fully saturated rings. The van der Waals surface area contributed by atoms with Gasteiger partial charge in [0.25, 0.3) is 0 Å². The van der Waals surface area contributed by atoms with E-state index in [1.807, 2.05) is 54.6 Å². The van der Waals surface area contributed by atoms with Crippen LogP contribution in [-0.2, 0) is 17.1 Å². The van der Waals surface area contributed by atoms with E-state index < -0.39 is 0 Å². The number of rotatable bonds is 2. The molecular weight excluding hydrogens is 372 g/mol. The normalized spacial score (nSPS) is 9.88. The van der Waals surface area contributed by atoms with Crippen LogP contribution in [0.3, 0.4) is 0 Å². The standard InChI is InChI=1S/C16H11O4.C5H5.Fe/c1-9(17)11-6-12-14(19)7-15(10-4-2-3-5-10)20-16(12)8-13(11)18;1-2-4-5-3-1;/h2-8,18H,1H3;1-5H;/q-1;-5;. The van der Waals surface area contributed by atoms with E-state index in [-0.39, 0.29) is 50.6 Å². The van der Waals surface area contributed by atoms with Crippen molar-refractivity contribution in [1.29, 1.82) is 0 Å². The zero-order valence-electron chi connectivity index (χ0n) is 14.0. The van der Waals surface area contributed by atoms with Gasteiger partial charge in [0.05, 0.1) is 16.7 Å². The van der Waals surface area contributed by atoms with Crippen LogP contribution >= 0.6 is 0 Å². The van der Waals surface area contributed by atoms with Gasteiger partial charge in [0.2, 0.25) is 0 Å². The predicted molar refractivity (Wildman–Crippen MR) is 97.2 cm³/mol. The van der Waals surface area contributed by atoms with Crippen LogP contribution in [0.5, 0.6) is 5.75 Å². The largest absolute Gasteiger partial charge is 0.748 e. The first kappa shape index (κ1) is 19.4. The van der Waals surface area contributed by atoms with Gasteiger partial charge in [-0.15, -0.1) is 12.1 Å². The zero-order chi connectivity index (χ0) is 17.8. The number of ketones is 1. The van der Waals surface area contributed by atoms with Crippen molar-refractivity contribution in [2.24, 2.45) is 0 Å². The molecule has 1 aromatic heterocycles. The number of fused-ring (bicyclic) bond motifs is 1. The minimum Gasteiger partial charge on any atom is -0.748 e. The summed E-state index contributed by atoms with van der Waals surface area (Å²) in [6.45, 7) is 1.33.